The number of nitrogens with one attached hydrogen (secondary N) is 1. The molecular formula is C20H19ClI2N2O4. The van der Waals surface area contributed by atoms with Crippen LogP contribution in [0.1, 0.15) is 24.5 Å². The van der Waals surface area contributed by atoms with Gasteiger partial charge in [-0.1, -0.05) is 23.7 Å². The third kappa shape index (κ3) is 6.78. The van der Waals surface area contributed by atoms with Crippen LogP contribution in [0.15, 0.2) is 41.5 Å². The molecule has 0 bridgehead atoms. The molecule has 1 fully saturated rings. The Morgan fingerprint density at radius 2 is 1.86 bits per heavy atom. The van der Waals surface area contributed by atoms with E-state index in [0.717, 1.165) is 24.0 Å². The van der Waals surface area contributed by atoms with Gasteiger partial charge in [-0.25, -0.2) is 5.43 Å². The first-order chi connectivity index (χ1) is 13.8. The van der Waals surface area contributed by atoms with E-state index in [9.17, 15) is 4.79 Å². The van der Waals surface area contributed by atoms with Crippen molar-refractivity contribution in [3.63, 3.8) is 0 Å². The lowest BCUT2D eigenvalue weighted by atomic mass is 10.2. The zero-order valence-corrected chi connectivity index (χ0v) is 20.7. The average Bonchev–Trinajstić information content (AvgIpc) is 3.08. The minimum Gasteiger partial charge on any atom is -0.487 e. The van der Waals surface area contributed by atoms with Crippen LogP contribution in [-0.4, -0.2) is 31.1 Å². The van der Waals surface area contributed by atoms with Crippen molar-refractivity contribution in [3.8, 4) is 5.75 Å². The molecule has 154 valence electrons. The highest BCUT2D eigenvalue weighted by Gasteiger charge is 2.33. The van der Waals surface area contributed by atoms with Crippen molar-refractivity contribution in [2.75, 3.05) is 13.2 Å². The second-order valence-electron chi connectivity index (χ2n) is 6.53. The van der Waals surface area contributed by atoms with Crippen molar-refractivity contribution in [1.29, 1.82) is 0 Å². The topological polar surface area (TPSA) is 69.2 Å². The van der Waals surface area contributed by atoms with E-state index in [1.807, 2.05) is 36.4 Å². The molecular weight excluding hydrogens is 621 g/mol. The zero-order chi connectivity index (χ0) is 20.9. The molecule has 0 saturated carbocycles. The Labute approximate surface area is 201 Å². The summed E-state index contributed by atoms with van der Waals surface area (Å²) in [6.45, 7) is 3.19. The van der Waals surface area contributed by atoms with Crippen molar-refractivity contribution in [2.24, 2.45) is 5.10 Å². The van der Waals surface area contributed by atoms with Gasteiger partial charge in [-0.05, 0) is 87.5 Å². The molecule has 1 N–H and O–H groups in total. The highest BCUT2D eigenvalue weighted by Crippen LogP contribution is 2.29. The summed E-state index contributed by atoms with van der Waals surface area (Å²) >= 11 is 10.4. The van der Waals surface area contributed by atoms with Crippen LogP contribution in [0.2, 0.25) is 5.02 Å². The predicted octanol–water partition coefficient (Wildman–Crippen LogP) is 4.73. The maximum Gasteiger partial charge on any atom is 0.245 e. The smallest absolute Gasteiger partial charge is 0.245 e. The summed E-state index contributed by atoms with van der Waals surface area (Å²) < 4.78 is 18.7. The second kappa shape index (κ2) is 10.4. The summed E-state index contributed by atoms with van der Waals surface area (Å²) in [7, 11) is 0. The number of halogens is 3. The lowest BCUT2D eigenvalue weighted by molar-refractivity contribution is -0.159. The first kappa shape index (κ1) is 22.7. The van der Waals surface area contributed by atoms with Gasteiger partial charge in [-0.2, -0.15) is 5.10 Å². The number of ether oxygens (including phenoxy) is 3. The van der Waals surface area contributed by atoms with Gasteiger partial charge in [0.15, 0.2) is 5.79 Å². The number of nitrogens with zero attached hydrogens (tertiary/aromatic N) is 1. The van der Waals surface area contributed by atoms with Gasteiger partial charge in [0.2, 0.25) is 5.91 Å². The number of hydrogen-bond donors (Lipinski definition) is 1. The Morgan fingerprint density at radius 3 is 2.48 bits per heavy atom. The quantitative estimate of drug-likeness (QED) is 0.270. The Balaban J connectivity index is 1.57. The SMILES string of the molecule is CC1(CC(=O)N/N=C\c2cc(I)c(OCc3ccc(Cl)cc3)c(I)c2)OCCO1. The molecule has 1 amide bonds. The summed E-state index contributed by atoms with van der Waals surface area (Å²) in [5, 5.41) is 4.73. The van der Waals surface area contributed by atoms with Gasteiger partial charge in [-0.15, -0.1) is 0 Å². The maximum absolute atomic E-state index is 12.0. The highest BCUT2D eigenvalue weighted by molar-refractivity contribution is 14.1. The first-order valence-corrected chi connectivity index (χ1v) is 11.3. The van der Waals surface area contributed by atoms with E-state index < -0.39 is 5.79 Å². The van der Waals surface area contributed by atoms with Crippen molar-refractivity contribution in [2.45, 2.75) is 25.7 Å². The standard InChI is InChI=1S/C20H19ClI2N2O4/c1-20(28-6-7-29-20)10-18(26)25-24-11-14-8-16(22)19(17(23)9-14)27-12-13-2-4-15(21)5-3-13/h2-5,8-9,11H,6-7,10,12H2,1H3,(H,25,26)/b24-11-. The molecule has 0 spiro atoms. The van der Waals surface area contributed by atoms with E-state index >= 15 is 0 Å². The number of benzene rings is 2. The zero-order valence-electron chi connectivity index (χ0n) is 15.6. The van der Waals surface area contributed by atoms with Crippen molar-refractivity contribution < 1.29 is 19.0 Å². The summed E-state index contributed by atoms with van der Waals surface area (Å²) in [5.74, 6) is -0.322. The van der Waals surface area contributed by atoms with Crippen LogP contribution in [0.3, 0.4) is 0 Å². The molecule has 2 aromatic carbocycles. The number of hydrazone groups is 1. The van der Waals surface area contributed by atoms with Gasteiger partial charge in [-0.3, -0.25) is 4.79 Å². The van der Waals surface area contributed by atoms with E-state index in [1.165, 1.54) is 0 Å². The Bertz CT molecular complexity index is 877. The molecule has 9 heteroatoms. The predicted molar refractivity (Wildman–Crippen MR) is 128 cm³/mol. The Kier molecular flexibility index (Phi) is 8.14. The molecule has 0 radical (unpaired) electrons. The number of hydrogen-bond acceptors (Lipinski definition) is 5. The maximum atomic E-state index is 12.0. The van der Waals surface area contributed by atoms with Crippen molar-refractivity contribution >= 4 is 68.9 Å². The average molecular weight is 641 g/mol. The van der Waals surface area contributed by atoms with Gasteiger partial charge < -0.3 is 14.2 Å². The van der Waals surface area contributed by atoms with Crippen LogP contribution in [0, 0.1) is 7.14 Å². The summed E-state index contributed by atoms with van der Waals surface area (Å²) in [6, 6.07) is 11.5. The molecule has 1 aliphatic heterocycles. The van der Waals surface area contributed by atoms with Crippen LogP contribution >= 0.6 is 56.8 Å². The van der Waals surface area contributed by atoms with Crippen LogP contribution < -0.4 is 10.2 Å². The van der Waals surface area contributed by atoms with E-state index in [4.69, 9.17) is 25.8 Å². The summed E-state index contributed by atoms with van der Waals surface area (Å²) in [6.07, 6.45) is 1.70. The Morgan fingerprint density at radius 1 is 1.24 bits per heavy atom. The third-order valence-electron chi connectivity index (χ3n) is 4.10. The first-order valence-electron chi connectivity index (χ1n) is 8.81. The molecule has 2 aromatic rings. The van der Waals surface area contributed by atoms with Gasteiger partial charge in [0.25, 0.3) is 0 Å². The van der Waals surface area contributed by atoms with Gasteiger partial charge in [0.05, 0.1) is 33.0 Å². The number of carbonyl (C=O) groups excluding carboxylic acids is 1. The fourth-order valence-electron chi connectivity index (χ4n) is 2.70. The van der Waals surface area contributed by atoms with Gasteiger partial charge >= 0.3 is 0 Å². The number of rotatable bonds is 7. The molecule has 1 aliphatic rings. The number of amides is 1. The minimum absolute atomic E-state index is 0.0941. The van der Waals surface area contributed by atoms with E-state index in [-0.39, 0.29) is 12.3 Å². The van der Waals surface area contributed by atoms with Gasteiger partial charge in [0.1, 0.15) is 12.4 Å². The minimum atomic E-state index is -0.868. The molecule has 0 aromatic heterocycles. The van der Waals surface area contributed by atoms with E-state index in [1.54, 1.807) is 13.1 Å². The molecule has 6 nitrogen and oxygen atoms in total. The summed E-state index contributed by atoms with van der Waals surface area (Å²) in [5.41, 5.74) is 4.41. The monoisotopic (exact) mass is 640 g/mol. The van der Waals surface area contributed by atoms with Crippen LogP contribution in [0.4, 0.5) is 0 Å². The largest absolute Gasteiger partial charge is 0.487 e. The molecule has 0 aliphatic carbocycles. The normalized spacial score (nSPS) is 15.6. The molecule has 0 atom stereocenters. The fourth-order valence-corrected chi connectivity index (χ4v) is 4.95. The lowest BCUT2D eigenvalue weighted by Crippen LogP contribution is -2.33. The van der Waals surface area contributed by atoms with Crippen molar-refractivity contribution in [1.82, 2.24) is 5.43 Å². The molecule has 3 rings (SSSR count). The van der Waals surface area contributed by atoms with Crippen LogP contribution in [0.25, 0.3) is 0 Å². The Hall–Kier alpha value is -0.950. The molecule has 1 heterocycles. The third-order valence-corrected chi connectivity index (χ3v) is 5.95. The van der Waals surface area contributed by atoms with Crippen LogP contribution in [-0.2, 0) is 20.9 Å². The van der Waals surface area contributed by atoms with E-state index in [2.05, 4.69) is 55.7 Å². The highest BCUT2D eigenvalue weighted by atomic mass is 127. The molecule has 0 unspecified atom stereocenters. The fraction of sp³-hybridized carbons (Fsp3) is 0.300. The molecule has 1 saturated heterocycles. The second-order valence-corrected chi connectivity index (χ2v) is 9.29. The summed E-state index contributed by atoms with van der Waals surface area (Å²) in [4.78, 5) is 12.0. The molecule has 29 heavy (non-hydrogen) atoms. The lowest BCUT2D eigenvalue weighted by Gasteiger charge is -2.20. The number of carbonyl (C=O) groups is 1. The van der Waals surface area contributed by atoms with Crippen LogP contribution in [0.5, 0.6) is 5.75 Å². The van der Waals surface area contributed by atoms with Crippen molar-refractivity contribution in [3.05, 3.63) is 59.7 Å². The van der Waals surface area contributed by atoms with Gasteiger partial charge in [0, 0.05) is 5.02 Å². The van der Waals surface area contributed by atoms with E-state index in [0.29, 0.717) is 24.8 Å².